The van der Waals surface area contributed by atoms with Gasteiger partial charge in [-0.1, -0.05) is 6.07 Å². The quantitative estimate of drug-likeness (QED) is 0.408. The molecular weight excluding hydrogens is 499 g/mol. The first kappa shape index (κ1) is 26.1. The molecule has 0 spiro atoms. The number of rotatable bonds is 7. The average Bonchev–Trinajstić information content (AvgIpc) is 3.43. The first-order chi connectivity index (χ1) is 17.0. The Bertz CT molecular complexity index is 1290. The third-order valence-electron chi connectivity index (χ3n) is 6.72. The second-order valence-corrected chi connectivity index (χ2v) is 10.7. The molecule has 0 aliphatic carbocycles. The molecule has 8 nitrogen and oxygen atoms in total. The number of carbonyl (C=O) groups is 2. The Balaban J connectivity index is 1.39. The van der Waals surface area contributed by atoms with E-state index in [4.69, 9.17) is 5.73 Å². The zero-order chi connectivity index (χ0) is 26.2. The molecule has 1 radical (unpaired) electrons. The maximum atomic E-state index is 13.9. The van der Waals surface area contributed by atoms with E-state index in [1.165, 1.54) is 24.3 Å². The van der Waals surface area contributed by atoms with E-state index in [0.717, 1.165) is 7.11 Å². The van der Waals surface area contributed by atoms with Crippen molar-refractivity contribution in [1.82, 2.24) is 15.5 Å². The van der Waals surface area contributed by atoms with E-state index < -0.39 is 33.6 Å². The van der Waals surface area contributed by atoms with Gasteiger partial charge in [-0.3, -0.25) is 19.5 Å². The van der Waals surface area contributed by atoms with Crippen molar-refractivity contribution < 1.29 is 35.4 Å². The fourth-order valence-electron chi connectivity index (χ4n) is 4.89. The first-order valence-corrected chi connectivity index (χ1v) is 12.7. The van der Waals surface area contributed by atoms with Gasteiger partial charge in [0.05, 0.1) is 18.0 Å². The Morgan fingerprint density at radius 3 is 2.56 bits per heavy atom. The van der Waals surface area contributed by atoms with E-state index in [0.29, 0.717) is 31.6 Å². The number of halogens is 3. The number of nitrogens with zero attached hydrogens (tertiary/aromatic N) is 2. The Labute approximate surface area is 206 Å². The summed E-state index contributed by atoms with van der Waals surface area (Å²) in [5.74, 6) is -4.15. The molecule has 2 saturated heterocycles. The third kappa shape index (κ3) is 5.25. The van der Waals surface area contributed by atoms with Crippen molar-refractivity contribution in [3.05, 3.63) is 65.0 Å². The third-order valence-corrected chi connectivity index (χ3v) is 7.99. The van der Waals surface area contributed by atoms with Crippen LogP contribution in [0.1, 0.15) is 28.8 Å². The van der Waals surface area contributed by atoms with Crippen LogP contribution in [0.5, 0.6) is 0 Å². The average molecular weight is 525 g/mol. The van der Waals surface area contributed by atoms with Crippen molar-refractivity contribution in [2.75, 3.05) is 26.7 Å². The lowest BCUT2D eigenvalue weighted by molar-refractivity contribution is -0.132. The van der Waals surface area contributed by atoms with E-state index in [1.807, 2.05) is 0 Å². The zero-order valence-electron chi connectivity index (χ0n) is 19.4. The van der Waals surface area contributed by atoms with Crippen LogP contribution in [0.3, 0.4) is 0 Å². The minimum absolute atomic E-state index is 0.0385. The molecule has 2 heterocycles. The van der Waals surface area contributed by atoms with Gasteiger partial charge in [-0.25, -0.2) is 13.2 Å². The molecule has 0 saturated carbocycles. The van der Waals surface area contributed by atoms with Gasteiger partial charge >= 0.3 is 0 Å². The molecule has 0 aromatic heterocycles. The van der Waals surface area contributed by atoms with Crippen LogP contribution in [0.2, 0.25) is 0 Å². The molecule has 2 aliphatic heterocycles. The van der Waals surface area contributed by atoms with Gasteiger partial charge in [0.1, 0.15) is 5.82 Å². The van der Waals surface area contributed by atoms with Gasteiger partial charge in [0.2, 0.25) is 5.91 Å². The molecular formula is C24H25F3N3O5S. The van der Waals surface area contributed by atoms with Crippen LogP contribution in [0.15, 0.2) is 41.3 Å². The molecule has 2 fully saturated rings. The SMILES string of the molecule is COS(=O)(=O)c1cccc(C(=O)N2C[C@@H]3CCN(C(=O)C[C@H]([NH])Cc4cc(F)c(F)cc4F)[C@@H]3C2)c1. The molecule has 36 heavy (non-hydrogen) atoms. The molecule has 4 rings (SSSR count). The lowest BCUT2D eigenvalue weighted by Crippen LogP contribution is -2.42. The summed E-state index contributed by atoms with van der Waals surface area (Å²) in [7, 11) is -2.92. The topological polar surface area (TPSA) is 108 Å². The largest absolute Gasteiger partial charge is 0.338 e. The zero-order valence-corrected chi connectivity index (χ0v) is 20.2. The van der Waals surface area contributed by atoms with Gasteiger partial charge in [-0.15, -0.1) is 0 Å². The molecule has 193 valence electrons. The number of amides is 2. The summed E-state index contributed by atoms with van der Waals surface area (Å²) in [6, 6.07) is 5.37. The summed E-state index contributed by atoms with van der Waals surface area (Å²) in [4.78, 5) is 29.0. The summed E-state index contributed by atoms with van der Waals surface area (Å²) in [5, 5.41) is 0. The van der Waals surface area contributed by atoms with Gasteiger partial charge in [-0.05, 0) is 42.7 Å². The molecule has 3 atom stereocenters. The molecule has 2 aromatic carbocycles. The lowest BCUT2D eigenvalue weighted by Gasteiger charge is -2.26. The molecule has 2 amide bonds. The minimum atomic E-state index is -3.96. The molecule has 1 N–H and O–H groups in total. The Kier molecular flexibility index (Phi) is 7.39. The van der Waals surface area contributed by atoms with Gasteiger partial charge in [-0.2, -0.15) is 8.42 Å². The minimum Gasteiger partial charge on any atom is -0.338 e. The predicted molar refractivity (Wildman–Crippen MR) is 122 cm³/mol. The smallest absolute Gasteiger partial charge is 0.296 e. The first-order valence-electron chi connectivity index (χ1n) is 11.3. The van der Waals surface area contributed by atoms with E-state index in [9.17, 15) is 31.2 Å². The molecule has 0 bridgehead atoms. The van der Waals surface area contributed by atoms with E-state index in [-0.39, 0.29) is 59.2 Å². The highest BCUT2D eigenvalue weighted by molar-refractivity contribution is 7.86. The van der Waals surface area contributed by atoms with Crippen molar-refractivity contribution in [2.24, 2.45) is 5.92 Å². The molecule has 2 aliphatic rings. The number of carbonyl (C=O) groups excluding carboxylic acids is 2. The summed E-state index contributed by atoms with van der Waals surface area (Å²) < 4.78 is 68.9. The summed E-state index contributed by atoms with van der Waals surface area (Å²) in [6.45, 7) is 1.12. The van der Waals surface area contributed by atoms with Crippen molar-refractivity contribution in [3.63, 3.8) is 0 Å². The van der Waals surface area contributed by atoms with Gasteiger partial charge in [0, 0.05) is 49.6 Å². The monoisotopic (exact) mass is 524 g/mol. The van der Waals surface area contributed by atoms with Crippen LogP contribution in [0, 0.1) is 23.4 Å². The summed E-state index contributed by atoms with van der Waals surface area (Å²) in [6.07, 6.45) is 0.188. The van der Waals surface area contributed by atoms with E-state index in [2.05, 4.69) is 4.18 Å². The second-order valence-electron chi connectivity index (χ2n) is 9.02. The van der Waals surface area contributed by atoms with Crippen LogP contribution in [-0.4, -0.2) is 68.9 Å². The highest BCUT2D eigenvalue weighted by atomic mass is 32.2. The van der Waals surface area contributed by atoms with Crippen LogP contribution in [0.4, 0.5) is 13.2 Å². The fraction of sp³-hybridized carbons (Fsp3) is 0.417. The molecule has 2 aromatic rings. The highest BCUT2D eigenvalue weighted by Crippen LogP contribution is 2.33. The number of benzene rings is 2. The summed E-state index contributed by atoms with van der Waals surface area (Å²) >= 11 is 0. The molecule has 0 unspecified atom stereocenters. The predicted octanol–water partition coefficient (Wildman–Crippen LogP) is 2.40. The number of likely N-dealkylation sites (tertiary alicyclic amines) is 2. The standard InChI is InChI=1S/C24H25F3N3O5S/c1-35-36(33,34)18-4-2-3-14(8-18)24(32)29-12-15-5-6-30(22(15)13-29)23(31)10-17(28)7-16-9-20(26)21(27)11-19(16)25/h2-4,8-9,11,15,17,22,28H,5-7,10,12-13H2,1H3/t15-,17+,22+/m0/s1. The van der Waals surface area contributed by atoms with Crippen LogP contribution in [-0.2, 0) is 25.5 Å². The van der Waals surface area contributed by atoms with E-state index in [1.54, 1.807) is 9.80 Å². The van der Waals surface area contributed by atoms with E-state index >= 15 is 0 Å². The Hall–Kier alpha value is -2.96. The fourth-order valence-corrected chi connectivity index (χ4v) is 5.60. The van der Waals surface area contributed by atoms with Crippen LogP contribution >= 0.6 is 0 Å². The lowest BCUT2D eigenvalue weighted by atomic mass is 10.0. The number of hydrogen-bond donors (Lipinski definition) is 0. The van der Waals surface area contributed by atoms with Crippen LogP contribution < -0.4 is 5.73 Å². The van der Waals surface area contributed by atoms with Crippen LogP contribution in [0.25, 0.3) is 0 Å². The van der Waals surface area contributed by atoms with Gasteiger partial charge in [0.15, 0.2) is 11.6 Å². The summed E-state index contributed by atoms with van der Waals surface area (Å²) in [5.41, 5.74) is 8.18. The van der Waals surface area contributed by atoms with Crippen molar-refractivity contribution in [1.29, 1.82) is 0 Å². The van der Waals surface area contributed by atoms with Crippen molar-refractivity contribution >= 4 is 21.9 Å². The Morgan fingerprint density at radius 1 is 1.11 bits per heavy atom. The molecule has 12 heteroatoms. The maximum Gasteiger partial charge on any atom is 0.296 e. The van der Waals surface area contributed by atoms with Crippen molar-refractivity contribution in [3.8, 4) is 0 Å². The second kappa shape index (κ2) is 10.2. The highest BCUT2D eigenvalue weighted by Gasteiger charge is 2.44. The van der Waals surface area contributed by atoms with Gasteiger partial charge < -0.3 is 9.80 Å². The van der Waals surface area contributed by atoms with Crippen molar-refractivity contribution in [2.45, 2.75) is 36.2 Å². The normalized spacial score (nSPS) is 20.5. The van der Waals surface area contributed by atoms with Gasteiger partial charge in [0.25, 0.3) is 16.0 Å². The number of nitrogens with one attached hydrogen (secondary N) is 1. The Morgan fingerprint density at radius 2 is 1.83 bits per heavy atom. The number of hydrogen-bond acceptors (Lipinski definition) is 5. The number of fused-ring (bicyclic) bond motifs is 1. The maximum absolute atomic E-state index is 13.9.